The van der Waals surface area contributed by atoms with Gasteiger partial charge in [-0.3, -0.25) is 0 Å². The molecule has 0 bridgehead atoms. The van der Waals surface area contributed by atoms with Gasteiger partial charge in [0.05, 0.1) is 5.60 Å². The van der Waals surface area contributed by atoms with E-state index in [4.69, 9.17) is 0 Å². The molecule has 2 nitrogen and oxygen atoms in total. The van der Waals surface area contributed by atoms with Crippen LogP contribution in [0.5, 0.6) is 0 Å². The molecule has 0 aliphatic carbocycles. The van der Waals surface area contributed by atoms with Gasteiger partial charge in [-0.2, -0.15) is 0 Å². The van der Waals surface area contributed by atoms with Crippen LogP contribution in [0.1, 0.15) is 37.3 Å². The van der Waals surface area contributed by atoms with Crippen LogP contribution in [0.25, 0.3) is 0 Å². The summed E-state index contributed by atoms with van der Waals surface area (Å²) in [5.41, 5.74) is 2.03. The van der Waals surface area contributed by atoms with Crippen molar-refractivity contribution in [3.05, 3.63) is 71.8 Å². The summed E-state index contributed by atoms with van der Waals surface area (Å²) in [5, 5.41) is 13.1. The number of hydrogen-bond donors (Lipinski definition) is 2. The van der Waals surface area contributed by atoms with E-state index in [-0.39, 0.29) is 0 Å². The second-order valence-electron chi connectivity index (χ2n) is 6.15. The van der Waals surface area contributed by atoms with Crippen molar-refractivity contribution in [2.75, 3.05) is 13.1 Å². The van der Waals surface area contributed by atoms with Crippen LogP contribution < -0.4 is 5.32 Å². The van der Waals surface area contributed by atoms with Crippen LogP contribution in [0.4, 0.5) is 0 Å². The van der Waals surface area contributed by atoms with E-state index in [9.17, 15) is 5.11 Å². The van der Waals surface area contributed by atoms with Crippen molar-refractivity contribution in [2.24, 2.45) is 0 Å². The van der Waals surface area contributed by atoms with Crippen molar-refractivity contribution in [1.29, 1.82) is 0 Å². The zero-order chi connectivity index (χ0) is 15.1. The fourth-order valence-electron chi connectivity index (χ4n) is 2.54. The smallest absolute Gasteiger partial charge is 0.0715 e. The molecule has 0 unspecified atom stereocenters. The second-order valence-corrected chi connectivity index (χ2v) is 6.15. The first-order valence-corrected chi connectivity index (χ1v) is 7.59. The molecule has 2 aromatic carbocycles. The van der Waals surface area contributed by atoms with E-state index in [0.717, 1.165) is 13.0 Å². The number of benzene rings is 2. The molecule has 2 rings (SSSR count). The SMILES string of the molecule is CC(C)(O)CNCCC(c1ccccc1)c1ccccc1. The zero-order valence-electron chi connectivity index (χ0n) is 12.9. The predicted octanol–water partition coefficient (Wildman–Crippen LogP) is 3.57. The summed E-state index contributed by atoms with van der Waals surface area (Å²) in [6.45, 7) is 5.15. The minimum Gasteiger partial charge on any atom is -0.389 e. The number of aliphatic hydroxyl groups is 1. The summed E-state index contributed by atoms with van der Waals surface area (Å²) in [4.78, 5) is 0. The Morgan fingerprint density at radius 1 is 0.905 bits per heavy atom. The molecule has 0 spiro atoms. The van der Waals surface area contributed by atoms with Crippen LogP contribution >= 0.6 is 0 Å². The van der Waals surface area contributed by atoms with Gasteiger partial charge in [0.2, 0.25) is 0 Å². The standard InChI is InChI=1S/C19H25NO/c1-19(2,21)15-20-14-13-18(16-9-5-3-6-10-16)17-11-7-4-8-12-17/h3-12,18,20-21H,13-15H2,1-2H3. The Balaban J connectivity index is 2.04. The molecule has 0 aliphatic rings. The Labute approximate surface area is 127 Å². The van der Waals surface area contributed by atoms with Crippen molar-refractivity contribution in [2.45, 2.75) is 31.8 Å². The molecule has 0 atom stereocenters. The van der Waals surface area contributed by atoms with E-state index in [2.05, 4.69) is 66.0 Å². The van der Waals surface area contributed by atoms with Gasteiger partial charge in [0.25, 0.3) is 0 Å². The lowest BCUT2D eigenvalue weighted by atomic mass is 9.88. The monoisotopic (exact) mass is 283 g/mol. The van der Waals surface area contributed by atoms with Crippen LogP contribution in [0, 0.1) is 0 Å². The number of hydrogen-bond acceptors (Lipinski definition) is 2. The Bertz CT molecular complexity index is 477. The molecular formula is C19H25NO. The molecule has 0 radical (unpaired) electrons. The van der Waals surface area contributed by atoms with Gasteiger partial charge in [0, 0.05) is 12.5 Å². The molecule has 2 heteroatoms. The highest BCUT2D eigenvalue weighted by Gasteiger charge is 2.15. The molecular weight excluding hydrogens is 258 g/mol. The van der Waals surface area contributed by atoms with Crippen LogP contribution in [0.3, 0.4) is 0 Å². The summed E-state index contributed by atoms with van der Waals surface area (Å²) in [6, 6.07) is 21.2. The Hall–Kier alpha value is -1.64. The average molecular weight is 283 g/mol. The van der Waals surface area contributed by atoms with Gasteiger partial charge >= 0.3 is 0 Å². The fraction of sp³-hybridized carbons (Fsp3) is 0.368. The zero-order valence-corrected chi connectivity index (χ0v) is 12.9. The third-order valence-electron chi connectivity index (χ3n) is 3.57. The van der Waals surface area contributed by atoms with E-state index < -0.39 is 5.60 Å². The van der Waals surface area contributed by atoms with E-state index in [1.807, 2.05) is 13.8 Å². The lowest BCUT2D eigenvalue weighted by Gasteiger charge is -2.21. The maximum absolute atomic E-state index is 9.75. The highest BCUT2D eigenvalue weighted by atomic mass is 16.3. The predicted molar refractivity (Wildman–Crippen MR) is 88.5 cm³/mol. The fourth-order valence-corrected chi connectivity index (χ4v) is 2.54. The summed E-state index contributed by atoms with van der Waals surface area (Å²) < 4.78 is 0. The first kappa shape index (κ1) is 15.7. The Morgan fingerprint density at radius 3 is 1.81 bits per heavy atom. The lowest BCUT2D eigenvalue weighted by molar-refractivity contribution is 0.0799. The van der Waals surface area contributed by atoms with Gasteiger partial charge < -0.3 is 10.4 Å². The topological polar surface area (TPSA) is 32.3 Å². The molecule has 0 saturated carbocycles. The van der Waals surface area contributed by atoms with Gasteiger partial charge in [-0.25, -0.2) is 0 Å². The van der Waals surface area contributed by atoms with Crippen molar-refractivity contribution in [3.63, 3.8) is 0 Å². The highest BCUT2D eigenvalue weighted by Crippen LogP contribution is 2.27. The molecule has 2 N–H and O–H groups in total. The van der Waals surface area contributed by atoms with E-state index in [0.29, 0.717) is 12.5 Å². The number of rotatable bonds is 7. The summed E-state index contributed by atoms with van der Waals surface area (Å²) in [5.74, 6) is 0.390. The lowest BCUT2D eigenvalue weighted by Crippen LogP contribution is -2.35. The molecule has 0 saturated heterocycles. The summed E-state index contributed by atoms with van der Waals surface area (Å²) in [7, 11) is 0. The van der Waals surface area contributed by atoms with Crippen molar-refractivity contribution in [1.82, 2.24) is 5.32 Å². The summed E-state index contributed by atoms with van der Waals surface area (Å²) in [6.07, 6.45) is 1.02. The maximum atomic E-state index is 9.75. The van der Waals surface area contributed by atoms with E-state index in [1.165, 1.54) is 11.1 Å². The van der Waals surface area contributed by atoms with Gasteiger partial charge in [-0.15, -0.1) is 0 Å². The molecule has 0 amide bonds. The minimum atomic E-state index is -0.658. The highest BCUT2D eigenvalue weighted by molar-refractivity contribution is 5.32. The molecule has 0 aromatic heterocycles. The number of nitrogens with one attached hydrogen (secondary N) is 1. The van der Waals surface area contributed by atoms with E-state index >= 15 is 0 Å². The molecule has 21 heavy (non-hydrogen) atoms. The van der Waals surface area contributed by atoms with Crippen LogP contribution in [0.15, 0.2) is 60.7 Å². The quantitative estimate of drug-likeness (QED) is 0.761. The largest absolute Gasteiger partial charge is 0.389 e. The Morgan fingerprint density at radius 2 is 1.38 bits per heavy atom. The van der Waals surface area contributed by atoms with Crippen molar-refractivity contribution in [3.8, 4) is 0 Å². The first-order chi connectivity index (χ1) is 10.1. The third-order valence-corrected chi connectivity index (χ3v) is 3.57. The third kappa shape index (κ3) is 5.33. The van der Waals surface area contributed by atoms with Gasteiger partial charge in [-0.05, 0) is 37.9 Å². The maximum Gasteiger partial charge on any atom is 0.0715 e. The van der Waals surface area contributed by atoms with E-state index in [1.54, 1.807) is 0 Å². The van der Waals surface area contributed by atoms with Crippen LogP contribution in [0.2, 0.25) is 0 Å². The average Bonchev–Trinajstić information content (AvgIpc) is 2.48. The normalized spacial score (nSPS) is 11.8. The van der Waals surface area contributed by atoms with Gasteiger partial charge in [0.15, 0.2) is 0 Å². The van der Waals surface area contributed by atoms with Gasteiger partial charge in [-0.1, -0.05) is 60.7 Å². The van der Waals surface area contributed by atoms with Crippen LogP contribution in [-0.2, 0) is 0 Å². The first-order valence-electron chi connectivity index (χ1n) is 7.59. The van der Waals surface area contributed by atoms with Crippen molar-refractivity contribution < 1.29 is 5.11 Å². The molecule has 0 heterocycles. The molecule has 0 fully saturated rings. The summed E-state index contributed by atoms with van der Waals surface area (Å²) >= 11 is 0. The van der Waals surface area contributed by atoms with Crippen LogP contribution in [-0.4, -0.2) is 23.8 Å². The molecule has 2 aromatic rings. The van der Waals surface area contributed by atoms with Gasteiger partial charge in [0.1, 0.15) is 0 Å². The Kier molecular flexibility index (Phi) is 5.54. The van der Waals surface area contributed by atoms with Crippen molar-refractivity contribution >= 4 is 0 Å². The molecule has 0 aliphatic heterocycles. The minimum absolute atomic E-state index is 0.390. The molecule has 112 valence electrons. The second kappa shape index (κ2) is 7.39.